The van der Waals surface area contributed by atoms with Crippen molar-refractivity contribution in [3.63, 3.8) is 0 Å². The van der Waals surface area contributed by atoms with Crippen LogP contribution in [0.15, 0.2) is 53.4 Å². The molecule has 1 aliphatic carbocycles. The Morgan fingerprint density at radius 3 is 2.56 bits per heavy atom. The van der Waals surface area contributed by atoms with Gasteiger partial charge in [-0.15, -0.1) is 0 Å². The van der Waals surface area contributed by atoms with E-state index in [0.29, 0.717) is 12.0 Å². The SMILES string of the molecule is CC(=O)OC[C@@H]1C[C@]1(COS(=O)(=O)c1ccc(C)cc1)c1cccc(F)c1. The van der Waals surface area contributed by atoms with Crippen molar-refractivity contribution >= 4 is 16.1 Å². The Labute approximate surface area is 158 Å². The molecule has 27 heavy (non-hydrogen) atoms. The number of ether oxygens (including phenoxy) is 1. The number of rotatable bonds is 7. The van der Waals surface area contributed by atoms with E-state index in [-0.39, 0.29) is 24.0 Å². The topological polar surface area (TPSA) is 69.7 Å². The van der Waals surface area contributed by atoms with Gasteiger partial charge < -0.3 is 4.74 Å². The second-order valence-corrected chi connectivity index (χ2v) is 8.51. The van der Waals surface area contributed by atoms with Crippen molar-refractivity contribution < 1.29 is 26.5 Å². The smallest absolute Gasteiger partial charge is 0.302 e. The van der Waals surface area contributed by atoms with Crippen molar-refractivity contribution in [2.24, 2.45) is 5.92 Å². The van der Waals surface area contributed by atoms with Crippen LogP contribution >= 0.6 is 0 Å². The van der Waals surface area contributed by atoms with E-state index >= 15 is 0 Å². The Bertz CT molecular complexity index is 939. The molecule has 0 N–H and O–H groups in total. The van der Waals surface area contributed by atoms with Gasteiger partial charge in [0.05, 0.1) is 18.1 Å². The van der Waals surface area contributed by atoms with Crippen LogP contribution in [-0.4, -0.2) is 27.6 Å². The average molecular weight is 392 g/mol. The van der Waals surface area contributed by atoms with Crippen LogP contribution in [0.4, 0.5) is 4.39 Å². The number of hydrogen-bond acceptors (Lipinski definition) is 5. The van der Waals surface area contributed by atoms with E-state index in [2.05, 4.69) is 0 Å². The maximum absolute atomic E-state index is 13.7. The van der Waals surface area contributed by atoms with E-state index in [1.807, 2.05) is 6.92 Å². The zero-order valence-corrected chi connectivity index (χ0v) is 16.0. The molecule has 2 atom stereocenters. The van der Waals surface area contributed by atoms with Gasteiger partial charge >= 0.3 is 5.97 Å². The molecule has 1 saturated carbocycles. The molecule has 0 aliphatic heterocycles. The van der Waals surface area contributed by atoms with Gasteiger partial charge in [0.25, 0.3) is 10.1 Å². The predicted molar refractivity (Wildman–Crippen MR) is 97.1 cm³/mol. The highest BCUT2D eigenvalue weighted by atomic mass is 32.2. The molecule has 0 amide bonds. The zero-order valence-electron chi connectivity index (χ0n) is 15.1. The number of esters is 1. The number of carbonyl (C=O) groups excluding carboxylic acids is 1. The average Bonchev–Trinajstić information content (AvgIpc) is 3.33. The van der Waals surface area contributed by atoms with Crippen LogP contribution in [0.5, 0.6) is 0 Å². The maximum Gasteiger partial charge on any atom is 0.302 e. The van der Waals surface area contributed by atoms with Gasteiger partial charge in [-0.25, -0.2) is 4.39 Å². The molecule has 0 unspecified atom stereocenters. The molecule has 2 aromatic carbocycles. The Hall–Kier alpha value is -2.25. The number of halogens is 1. The van der Waals surface area contributed by atoms with Crippen LogP contribution in [0.25, 0.3) is 0 Å². The van der Waals surface area contributed by atoms with Crippen molar-refractivity contribution in [3.05, 3.63) is 65.5 Å². The Morgan fingerprint density at radius 1 is 1.22 bits per heavy atom. The lowest BCUT2D eigenvalue weighted by molar-refractivity contribution is -0.141. The van der Waals surface area contributed by atoms with Crippen molar-refractivity contribution in [1.82, 2.24) is 0 Å². The molecule has 7 heteroatoms. The summed E-state index contributed by atoms with van der Waals surface area (Å²) in [5.74, 6) is -0.953. The Balaban J connectivity index is 1.80. The van der Waals surface area contributed by atoms with E-state index in [9.17, 15) is 17.6 Å². The van der Waals surface area contributed by atoms with Crippen molar-refractivity contribution in [2.45, 2.75) is 30.6 Å². The van der Waals surface area contributed by atoms with Gasteiger partial charge in [0, 0.05) is 18.3 Å². The highest BCUT2D eigenvalue weighted by Crippen LogP contribution is 2.55. The largest absolute Gasteiger partial charge is 0.466 e. The van der Waals surface area contributed by atoms with E-state index in [1.165, 1.54) is 31.2 Å². The zero-order chi connectivity index (χ0) is 19.7. The van der Waals surface area contributed by atoms with E-state index < -0.39 is 27.3 Å². The third kappa shape index (κ3) is 4.36. The molecule has 1 fully saturated rings. The molecule has 0 aromatic heterocycles. The highest BCUT2D eigenvalue weighted by Gasteiger charge is 2.56. The normalized spacial score (nSPS) is 21.7. The first-order chi connectivity index (χ1) is 12.7. The second-order valence-electron chi connectivity index (χ2n) is 6.90. The fraction of sp³-hybridized carbons (Fsp3) is 0.350. The van der Waals surface area contributed by atoms with E-state index in [1.54, 1.807) is 24.3 Å². The van der Waals surface area contributed by atoms with Crippen LogP contribution in [0.3, 0.4) is 0 Å². The number of hydrogen-bond donors (Lipinski definition) is 0. The van der Waals surface area contributed by atoms with Crippen LogP contribution in [-0.2, 0) is 29.2 Å². The molecule has 144 valence electrons. The first-order valence-corrected chi connectivity index (χ1v) is 9.99. The molecule has 0 heterocycles. The lowest BCUT2D eigenvalue weighted by Crippen LogP contribution is -2.23. The predicted octanol–water partition coefficient (Wildman–Crippen LogP) is 3.36. The van der Waals surface area contributed by atoms with Gasteiger partial charge in [-0.05, 0) is 43.2 Å². The molecule has 1 aliphatic rings. The molecule has 5 nitrogen and oxygen atoms in total. The minimum atomic E-state index is -3.94. The van der Waals surface area contributed by atoms with Crippen LogP contribution in [0, 0.1) is 18.7 Å². The molecule has 0 spiro atoms. The lowest BCUT2D eigenvalue weighted by Gasteiger charge is -2.18. The van der Waals surface area contributed by atoms with Gasteiger partial charge in [0.2, 0.25) is 0 Å². The number of carbonyl (C=O) groups is 1. The Kier molecular flexibility index (Phi) is 5.35. The van der Waals surface area contributed by atoms with Gasteiger partial charge in [0.15, 0.2) is 0 Å². The molecule has 0 saturated heterocycles. The first-order valence-electron chi connectivity index (χ1n) is 8.58. The van der Waals surface area contributed by atoms with E-state index in [4.69, 9.17) is 8.92 Å². The number of benzene rings is 2. The molecular weight excluding hydrogens is 371 g/mol. The van der Waals surface area contributed by atoms with Crippen molar-refractivity contribution in [3.8, 4) is 0 Å². The molecule has 0 bridgehead atoms. The second kappa shape index (κ2) is 7.40. The van der Waals surface area contributed by atoms with Crippen LogP contribution in [0.1, 0.15) is 24.5 Å². The van der Waals surface area contributed by atoms with Gasteiger partial charge in [-0.1, -0.05) is 29.8 Å². The summed E-state index contributed by atoms with van der Waals surface area (Å²) in [7, 11) is -3.94. The summed E-state index contributed by atoms with van der Waals surface area (Å²) in [6, 6.07) is 12.4. The van der Waals surface area contributed by atoms with Crippen LogP contribution < -0.4 is 0 Å². The quantitative estimate of drug-likeness (QED) is 0.534. The monoisotopic (exact) mass is 392 g/mol. The van der Waals surface area contributed by atoms with E-state index in [0.717, 1.165) is 5.56 Å². The minimum Gasteiger partial charge on any atom is -0.466 e. The summed E-state index contributed by atoms with van der Waals surface area (Å²) in [6.45, 7) is 3.17. The third-order valence-corrected chi connectivity index (χ3v) is 6.18. The van der Waals surface area contributed by atoms with Gasteiger partial charge in [0.1, 0.15) is 5.82 Å². The van der Waals surface area contributed by atoms with Crippen molar-refractivity contribution in [2.75, 3.05) is 13.2 Å². The van der Waals surface area contributed by atoms with Crippen molar-refractivity contribution in [1.29, 1.82) is 0 Å². The lowest BCUT2D eigenvalue weighted by atomic mass is 9.94. The minimum absolute atomic E-state index is 0.0691. The summed E-state index contributed by atoms with van der Waals surface area (Å²) in [4.78, 5) is 11.2. The van der Waals surface area contributed by atoms with Crippen LogP contribution in [0.2, 0.25) is 0 Å². The highest BCUT2D eigenvalue weighted by molar-refractivity contribution is 7.86. The summed E-state index contributed by atoms with van der Waals surface area (Å²) in [5.41, 5.74) is 0.877. The molecular formula is C20H21FO5S. The Morgan fingerprint density at radius 2 is 1.93 bits per heavy atom. The first kappa shape index (κ1) is 19.5. The standard InChI is InChI=1S/C20H21FO5S/c1-14-6-8-19(9-7-14)27(23,24)26-13-20(11-17(20)12-25-15(2)22)16-4-3-5-18(21)10-16/h3-10,17H,11-13H2,1-2H3/t17-,20-/m0/s1. The maximum atomic E-state index is 13.7. The fourth-order valence-electron chi connectivity index (χ4n) is 3.18. The molecule has 2 aromatic rings. The number of aryl methyl sites for hydroxylation is 1. The molecule has 0 radical (unpaired) electrons. The van der Waals surface area contributed by atoms with Gasteiger partial charge in [-0.3, -0.25) is 8.98 Å². The summed E-state index contributed by atoms with van der Waals surface area (Å²) in [5, 5.41) is 0. The van der Waals surface area contributed by atoms with Gasteiger partial charge in [-0.2, -0.15) is 8.42 Å². The summed E-state index contributed by atoms with van der Waals surface area (Å²) >= 11 is 0. The summed E-state index contributed by atoms with van der Waals surface area (Å²) in [6.07, 6.45) is 0.549. The third-order valence-electron chi connectivity index (χ3n) is 4.90. The molecule has 3 rings (SSSR count). The fourth-order valence-corrected chi connectivity index (χ4v) is 4.16. The summed E-state index contributed by atoms with van der Waals surface area (Å²) < 4.78 is 49.1.